The molecule has 1 N–H and O–H groups in total. The van der Waals surface area contributed by atoms with Crippen molar-refractivity contribution in [1.82, 2.24) is 14.3 Å². The third-order valence-corrected chi connectivity index (χ3v) is 5.83. The third-order valence-electron chi connectivity index (χ3n) is 5.07. The van der Waals surface area contributed by atoms with Crippen molar-refractivity contribution >= 4 is 33.9 Å². The molecule has 3 aromatic rings. The van der Waals surface area contributed by atoms with E-state index in [1.807, 2.05) is 22.9 Å². The van der Waals surface area contributed by atoms with Gasteiger partial charge in [0.15, 0.2) is 4.96 Å². The number of carbonyl (C=O) groups excluding carboxylic acids is 2. The van der Waals surface area contributed by atoms with Gasteiger partial charge in [-0.2, -0.15) is 0 Å². The summed E-state index contributed by atoms with van der Waals surface area (Å²) in [4.78, 5) is 32.1. The van der Waals surface area contributed by atoms with Gasteiger partial charge in [-0.15, -0.1) is 11.3 Å². The molecular weight excluding hydrogens is 379 g/mol. The zero-order valence-electron chi connectivity index (χ0n) is 15.5. The van der Waals surface area contributed by atoms with Crippen LogP contribution in [0.25, 0.3) is 16.2 Å². The van der Waals surface area contributed by atoms with Crippen LogP contribution >= 0.6 is 11.3 Å². The molecule has 0 spiro atoms. The molecule has 1 aliphatic heterocycles. The van der Waals surface area contributed by atoms with Crippen LogP contribution in [0.5, 0.6) is 0 Å². The molecule has 1 aliphatic rings. The molecule has 28 heavy (non-hydrogen) atoms. The summed E-state index contributed by atoms with van der Waals surface area (Å²) in [7, 11) is 0. The van der Waals surface area contributed by atoms with Crippen LogP contribution in [-0.2, 0) is 9.59 Å². The number of piperidine rings is 1. The van der Waals surface area contributed by atoms with Crippen molar-refractivity contribution in [2.75, 3.05) is 18.4 Å². The van der Waals surface area contributed by atoms with Crippen molar-refractivity contribution in [3.63, 3.8) is 0 Å². The third kappa shape index (κ3) is 3.52. The molecule has 0 bridgehead atoms. The molecule has 1 saturated heterocycles. The lowest BCUT2D eigenvalue weighted by Gasteiger charge is -2.31. The second kappa shape index (κ2) is 7.71. The monoisotopic (exact) mass is 400 g/mol. The Balaban J connectivity index is 1.61. The summed E-state index contributed by atoms with van der Waals surface area (Å²) >= 11 is 1.46. The van der Waals surface area contributed by atoms with E-state index in [4.69, 9.17) is 0 Å². The zero-order chi connectivity index (χ0) is 19.7. The molecule has 4 rings (SSSR count). The van der Waals surface area contributed by atoms with E-state index in [1.54, 1.807) is 17.0 Å². The Morgan fingerprint density at radius 1 is 1.32 bits per heavy atom. The van der Waals surface area contributed by atoms with Crippen LogP contribution < -0.4 is 5.32 Å². The number of carbonyl (C=O) groups is 2. The van der Waals surface area contributed by atoms with Gasteiger partial charge in [-0.05, 0) is 37.1 Å². The van der Waals surface area contributed by atoms with Crippen LogP contribution in [0.15, 0.2) is 35.8 Å². The molecule has 2 aromatic heterocycles. The molecule has 1 fully saturated rings. The maximum absolute atomic E-state index is 13.3. The molecule has 1 atom stereocenters. The van der Waals surface area contributed by atoms with Gasteiger partial charge in [0.05, 0.1) is 5.92 Å². The van der Waals surface area contributed by atoms with Gasteiger partial charge < -0.3 is 10.2 Å². The predicted octanol–water partition coefficient (Wildman–Crippen LogP) is 3.79. The van der Waals surface area contributed by atoms with Crippen LogP contribution in [0.2, 0.25) is 0 Å². The van der Waals surface area contributed by atoms with Crippen molar-refractivity contribution in [3.8, 4) is 11.3 Å². The van der Waals surface area contributed by atoms with Gasteiger partial charge >= 0.3 is 0 Å². The van der Waals surface area contributed by atoms with Gasteiger partial charge in [0.1, 0.15) is 17.3 Å². The second-order valence-corrected chi connectivity index (χ2v) is 7.77. The Labute approximate surface area is 166 Å². The minimum atomic E-state index is -0.321. The number of amides is 2. The zero-order valence-corrected chi connectivity index (χ0v) is 16.3. The number of hydrogen-bond acceptors (Lipinski definition) is 4. The highest BCUT2D eigenvalue weighted by atomic mass is 32.1. The van der Waals surface area contributed by atoms with Crippen LogP contribution in [-0.4, -0.2) is 39.2 Å². The van der Waals surface area contributed by atoms with Gasteiger partial charge in [0.25, 0.3) is 0 Å². The highest BCUT2D eigenvalue weighted by Crippen LogP contribution is 2.31. The quantitative estimate of drug-likeness (QED) is 0.725. The van der Waals surface area contributed by atoms with Crippen molar-refractivity contribution in [2.45, 2.75) is 26.2 Å². The number of likely N-dealkylation sites (tertiary alicyclic amines) is 1. The molecule has 0 saturated carbocycles. The maximum Gasteiger partial charge on any atom is 0.230 e. The fourth-order valence-electron chi connectivity index (χ4n) is 3.57. The van der Waals surface area contributed by atoms with Gasteiger partial charge in [-0.25, -0.2) is 9.37 Å². The first-order chi connectivity index (χ1) is 13.6. The number of rotatable bonds is 4. The first kappa shape index (κ1) is 18.6. The standard InChI is InChI=1S/C20H21FN4O2S/c1-2-16(26)24-9-3-4-14(12-24)19(27)23-18-17(13-5-7-15(21)8-6-13)22-20-25(18)10-11-28-20/h5-8,10-11,14H,2-4,9,12H2,1H3,(H,23,27). The van der Waals surface area contributed by atoms with E-state index >= 15 is 0 Å². The molecule has 2 amide bonds. The molecule has 0 radical (unpaired) electrons. The van der Waals surface area contributed by atoms with Crippen molar-refractivity contribution < 1.29 is 14.0 Å². The second-order valence-electron chi connectivity index (χ2n) is 6.89. The molecule has 1 unspecified atom stereocenters. The number of benzene rings is 1. The molecule has 146 valence electrons. The van der Waals surface area contributed by atoms with Crippen LogP contribution in [0, 0.1) is 11.7 Å². The van der Waals surface area contributed by atoms with E-state index in [0.717, 1.165) is 23.4 Å². The molecule has 3 heterocycles. The van der Waals surface area contributed by atoms with Crippen molar-refractivity contribution in [1.29, 1.82) is 0 Å². The normalized spacial score (nSPS) is 17.1. The Bertz CT molecular complexity index is 1010. The van der Waals surface area contributed by atoms with Gasteiger partial charge in [0, 0.05) is 36.7 Å². The number of fused-ring (bicyclic) bond motifs is 1. The van der Waals surface area contributed by atoms with E-state index in [1.165, 1.54) is 23.5 Å². The predicted molar refractivity (Wildman–Crippen MR) is 107 cm³/mol. The summed E-state index contributed by atoms with van der Waals surface area (Å²) in [5.41, 5.74) is 1.34. The first-order valence-corrected chi connectivity index (χ1v) is 10.2. The number of anilines is 1. The number of thiazole rings is 1. The van der Waals surface area contributed by atoms with Crippen LogP contribution in [0.3, 0.4) is 0 Å². The fraction of sp³-hybridized carbons (Fsp3) is 0.350. The van der Waals surface area contributed by atoms with E-state index in [-0.39, 0.29) is 23.5 Å². The van der Waals surface area contributed by atoms with E-state index in [2.05, 4.69) is 10.3 Å². The molecule has 8 heteroatoms. The Hall–Kier alpha value is -2.74. The Morgan fingerprint density at radius 2 is 2.11 bits per heavy atom. The fourth-order valence-corrected chi connectivity index (χ4v) is 4.29. The number of imidazole rings is 1. The average molecular weight is 400 g/mol. The van der Waals surface area contributed by atoms with Crippen LogP contribution in [0.4, 0.5) is 10.2 Å². The highest BCUT2D eigenvalue weighted by Gasteiger charge is 2.29. The van der Waals surface area contributed by atoms with Crippen molar-refractivity contribution in [2.24, 2.45) is 5.92 Å². The number of nitrogens with one attached hydrogen (secondary N) is 1. The molecule has 1 aromatic carbocycles. The van der Waals surface area contributed by atoms with Crippen molar-refractivity contribution in [3.05, 3.63) is 41.7 Å². The van der Waals surface area contributed by atoms with Gasteiger partial charge in [-0.1, -0.05) is 6.92 Å². The SMILES string of the molecule is CCC(=O)N1CCCC(C(=O)Nc2c(-c3ccc(F)cc3)nc3sccn23)C1. The van der Waals surface area contributed by atoms with Crippen LogP contribution in [0.1, 0.15) is 26.2 Å². The molecule has 6 nitrogen and oxygen atoms in total. The number of aromatic nitrogens is 2. The lowest BCUT2D eigenvalue weighted by molar-refractivity contribution is -0.134. The lowest BCUT2D eigenvalue weighted by Crippen LogP contribution is -2.43. The van der Waals surface area contributed by atoms with E-state index in [9.17, 15) is 14.0 Å². The number of halogens is 1. The first-order valence-electron chi connectivity index (χ1n) is 9.37. The van der Waals surface area contributed by atoms with Gasteiger partial charge in [0.2, 0.25) is 11.8 Å². The summed E-state index contributed by atoms with van der Waals surface area (Å²) < 4.78 is 15.1. The maximum atomic E-state index is 13.3. The largest absolute Gasteiger partial charge is 0.342 e. The average Bonchev–Trinajstić information content (AvgIpc) is 3.30. The lowest BCUT2D eigenvalue weighted by atomic mass is 9.97. The summed E-state index contributed by atoms with van der Waals surface area (Å²) in [6, 6.07) is 6.06. The minimum absolute atomic E-state index is 0.0779. The number of hydrogen-bond donors (Lipinski definition) is 1. The van der Waals surface area contributed by atoms with E-state index in [0.29, 0.717) is 31.0 Å². The molecular formula is C20H21FN4O2S. The minimum Gasteiger partial charge on any atom is -0.342 e. The smallest absolute Gasteiger partial charge is 0.230 e. The van der Waals surface area contributed by atoms with Gasteiger partial charge in [-0.3, -0.25) is 14.0 Å². The molecule has 0 aliphatic carbocycles. The summed E-state index contributed by atoms with van der Waals surface area (Å²) in [6.07, 6.45) is 3.86. The summed E-state index contributed by atoms with van der Waals surface area (Å²) in [5, 5.41) is 4.91. The Morgan fingerprint density at radius 3 is 2.86 bits per heavy atom. The summed E-state index contributed by atoms with van der Waals surface area (Å²) in [6.45, 7) is 2.98. The Kier molecular flexibility index (Phi) is 5.13. The van der Waals surface area contributed by atoms with E-state index < -0.39 is 0 Å². The summed E-state index contributed by atoms with van der Waals surface area (Å²) in [5.74, 6) is -0.0430. The number of nitrogens with zero attached hydrogens (tertiary/aromatic N) is 3. The topological polar surface area (TPSA) is 66.7 Å². The highest BCUT2D eigenvalue weighted by molar-refractivity contribution is 7.15.